The Morgan fingerprint density at radius 1 is 1.43 bits per heavy atom. The Morgan fingerprint density at radius 3 is 3.19 bits per heavy atom. The second-order valence-corrected chi connectivity index (χ2v) is 6.00. The Kier molecular flexibility index (Phi) is 4.44. The predicted molar refractivity (Wildman–Crippen MR) is 85.9 cm³/mol. The summed E-state index contributed by atoms with van der Waals surface area (Å²) in [7, 11) is 0. The highest BCUT2D eigenvalue weighted by molar-refractivity contribution is 6.00. The summed E-state index contributed by atoms with van der Waals surface area (Å²) in [4.78, 5) is 15.0. The van der Waals surface area contributed by atoms with E-state index >= 15 is 0 Å². The third-order valence-corrected chi connectivity index (χ3v) is 4.72. The van der Waals surface area contributed by atoms with Crippen molar-refractivity contribution >= 4 is 11.6 Å². The van der Waals surface area contributed by atoms with Crippen molar-refractivity contribution in [1.82, 2.24) is 10.2 Å². The van der Waals surface area contributed by atoms with Gasteiger partial charge < -0.3 is 10.6 Å². The van der Waals surface area contributed by atoms with Crippen LogP contribution in [0, 0.1) is 0 Å². The molecule has 0 bridgehead atoms. The maximum absolute atomic E-state index is 12.5. The second kappa shape index (κ2) is 6.48. The number of nitrogens with one attached hydrogen (secondary N) is 2. The molecule has 4 nitrogen and oxygen atoms in total. The molecule has 0 aliphatic carbocycles. The van der Waals surface area contributed by atoms with Gasteiger partial charge in [0, 0.05) is 19.1 Å². The van der Waals surface area contributed by atoms with Gasteiger partial charge in [-0.1, -0.05) is 19.1 Å². The number of rotatable bonds is 4. The molecule has 4 heteroatoms. The minimum Gasteiger partial charge on any atom is -0.384 e. The maximum Gasteiger partial charge on any atom is 0.253 e. The molecule has 0 saturated carbocycles. The lowest BCUT2D eigenvalue weighted by Gasteiger charge is -2.24. The lowest BCUT2D eigenvalue weighted by Crippen LogP contribution is -2.40. The van der Waals surface area contributed by atoms with Crippen LogP contribution in [0.2, 0.25) is 0 Å². The molecule has 1 atom stereocenters. The van der Waals surface area contributed by atoms with E-state index in [4.69, 9.17) is 0 Å². The molecule has 1 aromatic rings. The molecule has 3 rings (SSSR count). The van der Waals surface area contributed by atoms with Crippen LogP contribution in [0.25, 0.3) is 0 Å². The zero-order chi connectivity index (χ0) is 14.7. The average molecular weight is 287 g/mol. The monoisotopic (exact) mass is 287 g/mol. The Labute approximate surface area is 126 Å². The topological polar surface area (TPSA) is 44.4 Å². The minimum atomic E-state index is 0.0594. The zero-order valence-electron chi connectivity index (χ0n) is 12.8. The number of amides is 1. The number of likely N-dealkylation sites (N-methyl/N-ethyl adjacent to an activating group) is 1. The fraction of sp³-hybridized carbons (Fsp3) is 0.588. The molecule has 2 N–H and O–H groups in total. The van der Waals surface area contributed by atoms with Gasteiger partial charge >= 0.3 is 0 Å². The van der Waals surface area contributed by atoms with Crippen molar-refractivity contribution < 1.29 is 4.79 Å². The van der Waals surface area contributed by atoms with E-state index in [2.05, 4.69) is 28.5 Å². The van der Waals surface area contributed by atoms with Gasteiger partial charge in [-0.05, 0) is 50.4 Å². The number of carbonyl (C=O) groups is 1. The molecule has 114 valence electrons. The van der Waals surface area contributed by atoms with Crippen molar-refractivity contribution in [2.24, 2.45) is 0 Å². The highest BCUT2D eigenvalue weighted by Crippen LogP contribution is 2.26. The lowest BCUT2D eigenvalue weighted by atomic mass is 9.99. The van der Waals surface area contributed by atoms with Gasteiger partial charge in [-0.15, -0.1) is 0 Å². The summed E-state index contributed by atoms with van der Waals surface area (Å²) in [6.07, 6.45) is 4.65. The third-order valence-electron chi connectivity index (χ3n) is 4.72. The van der Waals surface area contributed by atoms with E-state index in [-0.39, 0.29) is 5.91 Å². The normalized spacial score (nSPS) is 21.7. The van der Waals surface area contributed by atoms with E-state index in [0.29, 0.717) is 6.04 Å². The molecule has 1 aromatic carbocycles. The first-order chi connectivity index (χ1) is 10.3. The van der Waals surface area contributed by atoms with Crippen LogP contribution in [-0.4, -0.2) is 43.0 Å². The predicted octanol–water partition coefficient (Wildman–Crippen LogP) is 2.26. The molecule has 1 unspecified atom stereocenters. The van der Waals surface area contributed by atoms with Gasteiger partial charge in [-0.25, -0.2) is 0 Å². The summed E-state index contributed by atoms with van der Waals surface area (Å²) in [5, 5.41) is 6.52. The standard InChI is InChI=1S/C17H25N3O/c1-2-20-11-5-8-14(20)12-19-17(21)15-9-3-6-13-7-4-10-18-16(13)15/h3,6,9,14,18H,2,4-5,7-8,10-12H2,1H3,(H,19,21). The summed E-state index contributed by atoms with van der Waals surface area (Å²) < 4.78 is 0. The summed E-state index contributed by atoms with van der Waals surface area (Å²) in [6, 6.07) is 6.55. The SMILES string of the molecule is CCN1CCCC1CNC(=O)c1cccc2c1NCCC2. The number of hydrogen-bond acceptors (Lipinski definition) is 3. The molecular formula is C17H25N3O. The quantitative estimate of drug-likeness (QED) is 0.893. The van der Waals surface area contributed by atoms with Gasteiger partial charge in [0.25, 0.3) is 5.91 Å². The van der Waals surface area contributed by atoms with Crippen LogP contribution in [0.15, 0.2) is 18.2 Å². The summed E-state index contributed by atoms with van der Waals surface area (Å²) in [5.74, 6) is 0.0594. The molecule has 2 heterocycles. The van der Waals surface area contributed by atoms with E-state index < -0.39 is 0 Å². The van der Waals surface area contributed by atoms with Crippen LogP contribution < -0.4 is 10.6 Å². The zero-order valence-corrected chi connectivity index (χ0v) is 12.8. The molecule has 1 amide bonds. The third kappa shape index (κ3) is 3.05. The van der Waals surface area contributed by atoms with E-state index in [0.717, 1.165) is 43.7 Å². The highest BCUT2D eigenvalue weighted by Gasteiger charge is 2.24. The second-order valence-electron chi connectivity index (χ2n) is 6.00. The van der Waals surface area contributed by atoms with Crippen LogP contribution in [0.4, 0.5) is 5.69 Å². The van der Waals surface area contributed by atoms with Gasteiger partial charge in [0.05, 0.1) is 11.3 Å². The smallest absolute Gasteiger partial charge is 0.253 e. The van der Waals surface area contributed by atoms with Gasteiger partial charge in [-0.3, -0.25) is 9.69 Å². The van der Waals surface area contributed by atoms with Crippen LogP contribution in [0.5, 0.6) is 0 Å². The van der Waals surface area contributed by atoms with Crippen molar-refractivity contribution in [3.8, 4) is 0 Å². The van der Waals surface area contributed by atoms with Crippen molar-refractivity contribution in [3.63, 3.8) is 0 Å². The maximum atomic E-state index is 12.5. The fourth-order valence-corrected chi connectivity index (χ4v) is 3.55. The van der Waals surface area contributed by atoms with Crippen molar-refractivity contribution in [1.29, 1.82) is 0 Å². The molecular weight excluding hydrogens is 262 g/mol. The van der Waals surface area contributed by atoms with E-state index in [9.17, 15) is 4.79 Å². The highest BCUT2D eigenvalue weighted by atomic mass is 16.1. The number of nitrogens with zero attached hydrogens (tertiary/aromatic N) is 1. The number of likely N-dealkylation sites (tertiary alicyclic amines) is 1. The van der Waals surface area contributed by atoms with Gasteiger partial charge in [0.1, 0.15) is 0 Å². The summed E-state index contributed by atoms with van der Waals surface area (Å²) in [5.41, 5.74) is 3.11. The number of hydrogen-bond donors (Lipinski definition) is 2. The largest absolute Gasteiger partial charge is 0.384 e. The van der Waals surface area contributed by atoms with Crippen molar-refractivity contribution in [2.75, 3.05) is 31.5 Å². The van der Waals surface area contributed by atoms with Gasteiger partial charge in [0.2, 0.25) is 0 Å². The molecule has 2 aliphatic rings. The number of benzene rings is 1. The van der Waals surface area contributed by atoms with Crippen LogP contribution in [-0.2, 0) is 6.42 Å². The first kappa shape index (κ1) is 14.4. The first-order valence-electron chi connectivity index (χ1n) is 8.17. The first-order valence-corrected chi connectivity index (χ1v) is 8.17. The molecule has 0 aromatic heterocycles. The molecule has 1 fully saturated rings. The van der Waals surface area contributed by atoms with Gasteiger partial charge in [-0.2, -0.15) is 0 Å². The molecule has 2 aliphatic heterocycles. The summed E-state index contributed by atoms with van der Waals surface area (Å²) >= 11 is 0. The Bertz CT molecular complexity index is 515. The Hall–Kier alpha value is -1.55. The molecule has 0 spiro atoms. The number of para-hydroxylation sites is 1. The van der Waals surface area contributed by atoms with Crippen molar-refractivity contribution in [2.45, 2.75) is 38.6 Å². The van der Waals surface area contributed by atoms with Crippen LogP contribution in [0.3, 0.4) is 0 Å². The van der Waals surface area contributed by atoms with E-state index in [1.807, 2.05) is 12.1 Å². The van der Waals surface area contributed by atoms with Crippen LogP contribution >= 0.6 is 0 Å². The number of anilines is 1. The number of aryl methyl sites for hydroxylation is 1. The Morgan fingerprint density at radius 2 is 2.33 bits per heavy atom. The number of carbonyl (C=O) groups excluding carboxylic acids is 1. The fourth-order valence-electron chi connectivity index (χ4n) is 3.55. The minimum absolute atomic E-state index is 0.0594. The average Bonchev–Trinajstić information content (AvgIpc) is 2.99. The van der Waals surface area contributed by atoms with Crippen LogP contribution in [0.1, 0.15) is 42.1 Å². The molecule has 0 radical (unpaired) electrons. The van der Waals surface area contributed by atoms with Crippen molar-refractivity contribution in [3.05, 3.63) is 29.3 Å². The Balaban J connectivity index is 1.66. The lowest BCUT2D eigenvalue weighted by molar-refractivity contribution is 0.0942. The van der Waals surface area contributed by atoms with E-state index in [1.54, 1.807) is 0 Å². The summed E-state index contributed by atoms with van der Waals surface area (Å²) in [6.45, 7) is 6.15. The number of fused-ring (bicyclic) bond motifs is 1. The molecule has 21 heavy (non-hydrogen) atoms. The molecule has 1 saturated heterocycles. The van der Waals surface area contributed by atoms with E-state index in [1.165, 1.54) is 24.9 Å². The van der Waals surface area contributed by atoms with Gasteiger partial charge in [0.15, 0.2) is 0 Å².